The van der Waals surface area contributed by atoms with Crippen LogP contribution in [0.3, 0.4) is 0 Å². The molecule has 2 N–H and O–H groups in total. The number of allylic oxidation sites excluding steroid dienone is 2. The number of rotatable bonds is 1. The van der Waals surface area contributed by atoms with Crippen molar-refractivity contribution in [2.75, 3.05) is 6.61 Å². The third-order valence-corrected chi connectivity index (χ3v) is 9.01. The first-order valence-corrected chi connectivity index (χ1v) is 10.3. The third-order valence-electron chi connectivity index (χ3n) is 9.01. The first-order valence-electron chi connectivity index (χ1n) is 10.3. The van der Waals surface area contributed by atoms with E-state index in [-0.39, 0.29) is 23.4 Å². The maximum Gasteiger partial charge on any atom is 0.154 e. The second-order valence-corrected chi connectivity index (χ2v) is 10.2. The Morgan fingerprint density at radius 1 is 1.23 bits per heavy atom. The molecule has 0 unspecified atom stereocenters. The van der Waals surface area contributed by atoms with Gasteiger partial charge in [0, 0.05) is 12.5 Å². The summed E-state index contributed by atoms with van der Waals surface area (Å²) in [6, 6.07) is 0. The number of aliphatic hydroxyl groups excluding tert-OH is 1. The molecule has 4 aliphatic carbocycles. The van der Waals surface area contributed by atoms with Crippen molar-refractivity contribution in [2.45, 2.75) is 71.3 Å². The van der Waals surface area contributed by atoms with Crippen molar-refractivity contribution in [3.05, 3.63) is 34.8 Å². The van der Waals surface area contributed by atoms with Crippen LogP contribution in [-0.4, -0.2) is 22.4 Å². The van der Waals surface area contributed by atoms with Gasteiger partial charge in [0.15, 0.2) is 6.20 Å². The van der Waals surface area contributed by atoms with Gasteiger partial charge in [-0.25, -0.2) is 4.85 Å². The van der Waals surface area contributed by atoms with Crippen molar-refractivity contribution in [3.63, 3.8) is 0 Å². The lowest BCUT2D eigenvalue weighted by Crippen LogP contribution is -2.54. The molecule has 4 rings (SSSR count). The van der Waals surface area contributed by atoms with Gasteiger partial charge in [-0.2, -0.15) is 0 Å². The molecule has 0 aromatic heterocycles. The van der Waals surface area contributed by atoms with Gasteiger partial charge in [-0.05, 0) is 80.5 Å². The van der Waals surface area contributed by atoms with Crippen LogP contribution in [0.1, 0.15) is 65.7 Å². The molecule has 4 aliphatic rings. The minimum absolute atomic E-state index is 0.0298. The molecule has 142 valence electrons. The maximum absolute atomic E-state index is 10.8. The van der Waals surface area contributed by atoms with Gasteiger partial charge >= 0.3 is 0 Å². The lowest BCUT2D eigenvalue weighted by atomic mass is 9.46. The highest BCUT2D eigenvalue weighted by atomic mass is 16.3. The van der Waals surface area contributed by atoms with E-state index in [1.54, 1.807) is 0 Å². The van der Waals surface area contributed by atoms with Crippen LogP contribution in [0.5, 0.6) is 0 Å². The summed E-state index contributed by atoms with van der Waals surface area (Å²) in [5, 5.41) is 20.7. The molecular weight excluding hydrogens is 322 g/mol. The van der Waals surface area contributed by atoms with Gasteiger partial charge < -0.3 is 10.2 Å². The molecule has 0 radical (unpaired) electrons. The SMILES string of the molecule is [C-]#[N+]/C=C1/CC[C@H]2[C@@H]3CC=C4C[C@](C)(O)[C@@H](CO)C[C@]4(C)[C@H]3CC[C@]12C. The molecule has 7 atom stereocenters. The van der Waals surface area contributed by atoms with Crippen LogP contribution in [0.15, 0.2) is 23.4 Å². The van der Waals surface area contributed by atoms with Crippen LogP contribution in [-0.2, 0) is 0 Å². The topological polar surface area (TPSA) is 44.8 Å². The molecule has 0 saturated heterocycles. The standard InChI is InChI=1S/C23H33NO2/c1-21-10-9-20-18(19(21)8-6-16(21)13-24-4)7-5-15-12-23(3,26)17(14-25)11-22(15,20)2/h5,13,17-20,25-26H,6-12,14H2,1-3H3/b16-13-/t17-,18+,19+,20+,21-,22+,23+/m1/s1. The zero-order chi connectivity index (χ0) is 18.7. The minimum atomic E-state index is -0.783. The normalized spacial score (nSPS) is 51.8. The van der Waals surface area contributed by atoms with E-state index in [2.05, 4.69) is 24.8 Å². The van der Waals surface area contributed by atoms with Gasteiger partial charge in [-0.1, -0.05) is 31.1 Å². The van der Waals surface area contributed by atoms with Crippen LogP contribution in [0, 0.1) is 41.1 Å². The summed E-state index contributed by atoms with van der Waals surface area (Å²) in [6.45, 7) is 14.1. The van der Waals surface area contributed by atoms with Crippen LogP contribution in [0.2, 0.25) is 0 Å². The van der Waals surface area contributed by atoms with E-state index >= 15 is 0 Å². The van der Waals surface area contributed by atoms with Crippen LogP contribution in [0.4, 0.5) is 0 Å². The highest BCUT2D eigenvalue weighted by Crippen LogP contribution is 2.67. The molecule has 3 saturated carbocycles. The molecule has 0 heterocycles. The molecule has 3 fully saturated rings. The number of hydrogen-bond donors (Lipinski definition) is 2. The van der Waals surface area contributed by atoms with E-state index in [0.717, 1.165) is 19.3 Å². The number of hydrogen-bond acceptors (Lipinski definition) is 2. The Hall–Kier alpha value is -1.11. The highest BCUT2D eigenvalue weighted by Gasteiger charge is 2.59. The molecule has 26 heavy (non-hydrogen) atoms. The van der Waals surface area contributed by atoms with Crippen LogP contribution in [0.25, 0.3) is 4.85 Å². The summed E-state index contributed by atoms with van der Waals surface area (Å²) < 4.78 is 0. The summed E-state index contributed by atoms with van der Waals surface area (Å²) in [5.41, 5.74) is 2.37. The average Bonchev–Trinajstić information content (AvgIpc) is 2.92. The quantitative estimate of drug-likeness (QED) is 0.528. The lowest BCUT2D eigenvalue weighted by Gasteiger charge is -2.59. The van der Waals surface area contributed by atoms with Gasteiger partial charge in [-0.15, -0.1) is 0 Å². The number of aliphatic hydroxyl groups is 2. The summed E-state index contributed by atoms with van der Waals surface area (Å²) >= 11 is 0. The Balaban J connectivity index is 1.69. The fourth-order valence-electron chi connectivity index (χ4n) is 7.37. The summed E-state index contributed by atoms with van der Waals surface area (Å²) in [7, 11) is 0. The first kappa shape index (κ1) is 18.3. The summed E-state index contributed by atoms with van der Waals surface area (Å²) in [5.74, 6) is 1.98. The molecule has 0 amide bonds. The van der Waals surface area contributed by atoms with Gasteiger partial charge in [0.25, 0.3) is 0 Å². The van der Waals surface area contributed by atoms with E-state index in [0.29, 0.717) is 24.2 Å². The van der Waals surface area contributed by atoms with Crippen LogP contribution >= 0.6 is 0 Å². The van der Waals surface area contributed by atoms with Gasteiger partial charge in [0.2, 0.25) is 0 Å². The Morgan fingerprint density at radius 2 is 1.96 bits per heavy atom. The van der Waals surface area contributed by atoms with Crippen molar-refractivity contribution >= 4 is 0 Å². The Kier molecular flexibility index (Phi) is 4.18. The molecule has 0 bridgehead atoms. The second kappa shape index (κ2) is 5.94. The molecule has 0 aromatic rings. The monoisotopic (exact) mass is 355 g/mol. The average molecular weight is 356 g/mol. The molecule has 0 aliphatic heterocycles. The van der Waals surface area contributed by atoms with E-state index in [1.165, 1.54) is 30.4 Å². The van der Waals surface area contributed by atoms with E-state index in [1.807, 2.05) is 13.1 Å². The van der Waals surface area contributed by atoms with Crippen molar-refractivity contribution in [1.82, 2.24) is 0 Å². The van der Waals surface area contributed by atoms with Gasteiger partial charge in [0.05, 0.1) is 12.2 Å². The summed E-state index contributed by atoms with van der Waals surface area (Å²) in [6.07, 6.45) is 11.7. The first-order chi connectivity index (χ1) is 12.3. The van der Waals surface area contributed by atoms with Crippen molar-refractivity contribution in [3.8, 4) is 0 Å². The highest BCUT2D eigenvalue weighted by molar-refractivity contribution is 5.31. The van der Waals surface area contributed by atoms with E-state index in [9.17, 15) is 10.2 Å². The van der Waals surface area contributed by atoms with E-state index < -0.39 is 5.60 Å². The Labute approximate surface area is 158 Å². The molecule has 0 spiro atoms. The molecule has 3 nitrogen and oxygen atoms in total. The third kappa shape index (κ3) is 2.38. The van der Waals surface area contributed by atoms with Crippen molar-refractivity contribution in [1.29, 1.82) is 0 Å². The largest absolute Gasteiger partial charge is 0.396 e. The zero-order valence-corrected chi connectivity index (χ0v) is 16.5. The van der Waals surface area contributed by atoms with Crippen LogP contribution < -0.4 is 0 Å². The van der Waals surface area contributed by atoms with Gasteiger partial charge in [-0.3, -0.25) is 0 Å². The molecular formula is C23H33NO2. The summed E-state index contributed by atoms with van der Waals surface area (Å²) in [4.78, 5) is 3.59. The van der Waals surface area contributed by atoms with Crippen molar-refractivity contribution in [2.24, 2.45) is 34.5 Å². The fourth-order valence-corrected chi connectivity index (χ4v) is 7.37. The Morgan fingerprint density at radius 3 is 2.65 bits per heavy atom. The van der Waals surface area contributed by atoms with Crippen molar-refractivity contribution < 1.29 is 10.2 Å². The predicted octanol–water partition coefficient (Wildman–Crippen LogP) is 4.72. The van der Waals surface area contributed by atoms with E-state index in [4.69, 9.17) is 6.57 Å². The fraction of sp³-hybridized carbons (Fsp3) is 0.783. The lowest BCUT2D eigenvalue weighted by molar-refractivity contribution is -0.0969. The predicted molar refractivity (Wildman–Crippen MR) is 103 cm³/mol. The molecule has 0 aromatic carbocycles. The Bertz CT molecular complexity index is 699. The second-order valence-electron chi connectivity index (χ2n) is 10.2. The maximum atomic E-state index is 10.8. The number of nitrogens with zero attached hydrogens (tertiary/aromatic N) is 1. The minimum Gasteiger partial charge on any atom is -0.396 e. The number of fused-ring (bicyclic) bond motifs is 5. The molecule has 3 heteroatoms. The zero-order valence-electron chi connectivity index (χ0n) is 16.5. The smallest absolute Gasteiger partial charge is 0.154 e. The van der Waals surface area contributed by atoms with Gasteiger partial charge in [0.1, 0.15) is 0 Å².